The van der Waals surface area contributed by atoms with Crippen LogP contribution in [0.25, 0.3) is 0 Å². The lowest BCUT2D eigenvalue weighted by atomic mass is 10.0. The number of anilines is 1. The topological polar surface area (TPSA) is 37.4 Å². The zero-order valence-corrected chi connectivity index (χ0v) is 9.97. The largest absolute Gasteiger partial charge is 0.303 e. The maximum Gasteiger partial charge on any atom is 0.299 e. The summed E-state index contributed by atoms with van der Waals surface area (Å²) in [4.78, 5) is 24.9. The van der Waals surface area contributed by atoms with E-state index in [4.69, 9.17) is 11.6 Å². The lowest BCUT2D eigenvalue weighted by Crippen LogP contribution is -2.31. The molecule has 16 heavy (non-hydrogen) atoms. The zero-order chi connectivity index (χ0) is 11.9. The molecular formula is C12H12ClNO2. The third-order valence-electron chi connectivity index (χ3n) is 2.96. The second-order valence-corrected chi connectivity index (χ2v) is 4.26. The highest BCUT2D eigenvalue weighted by molar-refractivity contribution is 6.52. The van der Waals surface area contributed by atoms with E-state index >= 15 is 0 Å². The van der Waals surface area contributed by atoms with Crippen LogP contribution in [0.1, 0.15) is 21.5 Å². The number of hydrogen-bond donors (Lipinski definition) is 0. The Kier molecular flexibility index (Phi) is 2.72. The summed E-state index contributed by atoms with van der Waals surface area (Å²) < 4.78 is 0. The summed E-state index contributed by atoms with van der Waals surface area (Å²) in [6.45, 7) is 4.26. The minimum absolute atomic E-state index is 0.325. The number of alkyl halides is 1. The first-order valence-electron chi connectivity index (χ1n) is 5.10. The van der Waals surface area contributed by atoms with Gasteiger partial charge in [-0.05, 0) is 31.0 Å². The fourth-order valence-electron chi connectivity index (χ4n) is 1.97. The van der Waals surface area contributed by atoms with Gasteiger partial charge in [-0.3, -0.25) is 9.59 Å². The van der Waals surface area contributed by atoms with E-state index in [0.717, 1.165) is 16.8 Å². The Labute approximate surface area is 99.0 Å². The van der Waals surface area contributed by atoms with Crippen LogP contribution in [0.5, 0.6) is 0 Å². The smallest absolute Gasteiger partial charge is 0.299 e. The first-order valence-corrected chi connectivity index (χ1v) is 5.63. The quantitative estimate of drug-likeness (QED) is 0.583. The summed E-state index contributed by atoms with van der Waals surface area (Å²) in [6.07, 6.45) is 0. The van der Waals surface area contributed by atoms with E-state index in [1.807, 2.05) is 19.9 Å². The third kappa shape index (κ3) is 1.43. The van der Waals surface area contributed by atoms with Crippen LogP contribution in [-0.2, 0) is 4.79 Å². The third-order valence-corrected chi connectivity index (χ3v) is 3.13. The molecule has 0 fully saturated rings. The number of Topliss-reactive ketones (excluding diaryl/α,β-unsaturated/α-hetero) is 1. The molecule has 0 N–H and O–H groups in total. The molecule has 0 atom stereocenters. The van der Waals surface area contributed by atoms with Crippen LogP contribution < -0.4 is 4.90 Å². The number of amides is 1. The molecule has 1 amide bonds. The van der Waals surface area contributed by atoms with Crippen molar-refractivity contribution >= 4 is 29.0 Å². The predicted molar refractivity (Wildman–Crippen MR) is 63.3 cm³/mol. The van der Waals surface area contributed by atoms with Crippen LogP contribution in [0.4, 0.5) is 5.69 Å². The molecule has 2 rings (SSSR count). The van der Waals surface area contributed by atoms with E-state index < -0.39 is 11.7 Å². The second-order valence-electron chi connectivity index (χ2n) is 3.88. The Morgan fingerprint density at radius 3 is 2.56 bits per heavy atom. The Bertz CT molecular complexity index is 482. The van der Waals surface area contributed by atoms with Crippen molar-refractivity contribution in [3.8, 4) is 0 Å². The number of carbonyl (C=O) groups is 2. The summed E-state index contributed by atoms with van der Waals surface area (Å²) in [5.74, 6) is -0.571. The van der Waals surface area contributed by atoms with E-state index in [-0.39, 0.29) is 0 Å². The number of aryl methyl sites for hydroxylation is 1. The van der Waals surface area contributed by atoms with Gasteiger partial charge in [0.15, 0.2) is 0 Å². The molecule has 0 aliphatic carbocycles. The van der Waals surface area contributed by atoms with Gasteiger partial charge in [0.2, 0.25) is 0 Å². The van der Waals surface area contributed by atoms with Gasteiger partial charge >= 0.3 is 0 Å². The lowest BCUT2D eigenvalue weighted by molar-refractivity contribution is -0.114. The number of halogens is 1. The summed E-state index contributed by atoms with van der Waals surface area (Å²) >= 11 is 5.65. The standard InChI is InChI=1S/C12H12ClNO2/c1-7-3-4-9-10(8(7)2)14(6-5-13)12(16)11(9)15/h3-4H,5-6H2,1-2H3. The highest BCUT2D eigenvalue weighted by Crippen LogP contribution is 2.33. The fourth-order valence-corrected chi connectivity index (χ4v) is 2.14. The molecule has 1 aliphatic heterocycles. The number of carbonyl (C=O) groups excluding carboxylic acids is 2. The van der Waals surface area contributed by atoms with Crippen molar-refractivity contribution in [2.75, 3.05) is 17.3 Å². The van der Waals surface area contributed by atoms with E-state index in [1.54, 1.807) is 6.07 Å². The molecule has 1 aliphatic rings. The number of hydrogen-bond acceptors (Lipinski definition) is 2. The van der Waals surface area contributed by atoms with Crippen LogP contribution >= 0.6 is 11.6 Å². The van der Waals surface area contributed by atoms with Gasteiger partial charge in [-0.15, -0.1) is 11.6 Å². The van der Waals surface area contributed by atoms with E-state index in [0.29, 0.717) is 18.0 Å². The Morgan fingerprint density at radius 1 is 1.25 bits per heavy atom. The number of benzene rings is 1. The fraction of sp³-hybridized carbons (Fsp3) is 0.333. The molecule has 0 unspecified atom stereocenters. The molecule has 0 radical (unpaired) electrons. The van der Waals surface area contributed by atoms with Crippen molar-refractivity contribution in [1.82, 2.24) is 0 Å². The Morgan fingerprint density at radius 2 is 1.94 bits per heavy atom. The van der Waals surface area contributed by atoms with Crippen LogP contribution in [0.3, 0.4) is 0 Å². The van der Waals surface area contributed by atoms with Gasteiger partial charge in [-0.25, -0.2) is 0 Å². The van der Waals surface area contributed by atoms with Gasteiger partial charge in [0.05, 0.1) is 11.3 Å². The van der Waals surface area contributed by atoms with Crippen molar-refractivity contribution in [3.05, 3.63) is 28.8 Å². The molecule has 0 saturated carbocycles. The van der Waals surface area contributed by atoms with Gasteiger partial charge in [-0.2, -0.15) is 0 Å². The maximum absolute atomic E-state index is 11.7. The Balaban J connectivity index is 2.62. The first-order chi connectivity index (χ1) is 7.57. The van der Waals surface area contributed by atoms with Crippen LogP contribution in [0.15, 0.2) is 12.1 Å². The predicted octanol–water partition coefficient (Wildman–Crippen LogP) is 2.07. The van der Waals surface area contributed by atoms with Crippen LogP contribution in [0, 0.1) is 13.8 Å². The normalized spacial score (nSPS) is 14.6. The monoisotopic (exact) mass is 237 g/mol. The molecule has 3 nitrogen and oxygen atoms in total. The van der Waals surface area contributed by atoms with Gasteiger partial charge in [-0.1, -0.05) is 6.07 Å². The van der Waals surface area contributed by atoms with Crippen molar-refractivity contribution in [1.29, 1.82) is 0 Å². The molecule has 1 aromatic carbocycles. The van der Waals surface area contributed by atoms with Gasteiger partial charge in [0.1, 0.15) is 0 Å². The van der Waals surface area contributed by atoms with Gasteiger partial charge < -0.3 is 4.90 Å². The highest BCUT2D eigenvalue weighted by Gasteiger charge is 2.36. The van der Waals surface area contributed by atoms with Crippen molar-refractivity contribution < 1.29 is 9.59 Å². The van der Waals surface area contributed by atoms with Gasteiger partial charge in [0, 0.05) is 12.4 Å². The molecule has 84 valence electrons. The average molecular weight is 238 g/mol. The van der Waals surface area contributed by atoms with E-state index in [2.05, 4.69) is 0 Å². The second kappa shape index (κ2) is 3.91. The van der Waals surface area contributed by atoms with Crippen LogP contribution in [-0.4, -0.2) is 24.1 Å². The molecule has 0 aromatic heterocycles. The number of rotatable bonds is 2. The number of fused-ring (bicyclic) bond motifs is 1. The zero-order valence-electron chi connectivity index (χ0n) is 9.21. The minimum atomic E-state index is -0.468. The molecule has 4 heteroatoms. The summed E-state index contributed by atoms with van der Waals surface area (Å²) in [7, 11) is 0. The lowest BCUT2D eigenvalue weighted by Gasteiger charge is -2.17. The summed E-state index contributed by atoms with van der Waals surface area (Å²) in [5.41, 5.74) is 3.27. The van der Waals surface area contributed by atoms with E-state index in [9.17, 15) is 9.59 Å². The average Bonchev–Trinajstić information content (AvgIpc) is 2.50. The highest BCUT2D eigenvalue weighted by atomic mass is 35.5. The Hall–Kier alpha value is -1.35. The van der Waals surface area contributed by atoms with Crippen molar-refractivity contribution in [2.45, 2.75) is 13.8 Å². The summed E-state index contributed by atoms with van der Waals surface area (Å²) in [6, 6.07) is 3.58. The molecule has 0 spiro atoms. The summed E-state index contributed by atoms with van der Waals surface area (Å²) in [5, 5.41) is 0. The van der Waals surface area contributed by atoms with E-state index in [1.165, 1.54) is 4.90 Å². The maximum atomic E-state index is 11.7. The molecule has 1 aromatic rings. The minimum Gasteiger partial charge on any atom is -0.303 e. The number of ketones is 1. The first kappa shape index (κ1) is 11.1. The number of nitrogens with zero attached hydrogens (tertiary/aromatic N) is 1. The molecule has 1 heterocycles. The molecule has 0 saturated heterocycles. The van der Waals surface area contributed by atoms with Crippen molar-refractivity contribution in [3.63, 3.8) is 0 Å². The van der Waals surface area contributed by atoms with Crippen molar-refractivity contribution in [2.24, 2.45) is 0 Å². The van der Waals surface area contributed by atoms with Gasteiger partial charge in [0.25, 0.3) is 11.7 Å². The molecule has 0 bridgehead atoms. The molecular weight excluding hydrogens is 226 g/mol. The SMILES string of the molecule is Cc1ccc2c(c1C)N(CCCl)C(=O)C2=O. The van der Waals surface area contributed by atoms with Crippen LogP contribution in [0.2, 0.25) is 0 Å².